The predicted octanol–water partition coefficient (Wildman–Crippen LogP) is 3.07. The molecule has 1 saturated heterocycles. The minimum absolute atomic E-state index is 0.160. The van der Waals surface area contributed by atoms with Crippen molar-refractivity contribution in [2.24, 2.45) is 0 Å². The summed E-state index contributed by atoms with van der Waals surface area (Å²) in [5, 5.41) is 0. The lowest BCUT2D eigenvalue weighted by molar-refractivity contribution is 0.241. The fraction of sp³-hybridized carbons (Fsp3) is 0.429. The molecule has 1 atom stereocenters. The van der Waals surface area contributed by atoms with E-state index in [9.17, 15) is 8.42 Å². The number of nitrogens with one attached hydrogen (secondary N) is 1. The molecule has 1 heterocycles. The molecule has 27 heavy (non-hydrogen) atoms. The number of hydrogen-bond donors (Lipinski definition) is 1. The highest BCUT2D eigenvalue weighted by Gasteiger charge is 2.24. The standard InChI is InChI=1S/C21H28N2O3S/c1-2-26-20-10-12-21(13-11-20)27(24,25)22-17-19(23-14-6-7-15-23)16-18-8-4-3-5-9-18/h3-5,8-13,19,22H,2,6-7,14-17H2,1H3. The third-order valence-electron chi connectivity index (χ3n) is 4.93. The molecule has 0 bridgehead atoms. The molecule has 0 saturated carbocycles. The quantitative estimate of drug-likeness (QED) is 0.717. The van der Waals surface area contributed by atoms with Gasteiger partial charge in [0.15, 0.2) is 0 Å². The largest absolute Gasteiger partial charge is 0.494 e. The minimum atomic E-state index is -3.54. The fourth-order valence-electron chi connectivity index (χ4n) is 3.49. The van der Waals surface area contributed by atoms with Crippen molar-refractivity contribution in [3.8, 4) is 5.75 Å². The first-order valence-corrected chi connectivity index (χ1v) is 11.1. The Morgan fingerprint density at radius 1 is 1.04 bits per heavy atom. The van der Waals surface area contributed by atoms with E-state index in [1.54, 1.807) is 24.3 Å². The molecular formula is C21H28N2O3S. The van der Waals surface area contributed by atoms with Gasteiger partial charge in [-0.15, -0.1) is 0 Å². The number of rotatable bonds is 9. The van der Waals surface area contributed by atoms with Crippen LogP contribution >= 0.6 is 0 Å². The fourth-order valence-corrected chi connectivity index (χ4v) is 4.57. The Morgan fingerprint density at radius 3 is 2.33 bits per heavy atom. The average Bonchev–Trinajstić information content (AvgIpc) is 3.21. The van der Waals surface area contributed by atoms with E-state index < -0.39 is 10.0 Å². The summed E-state index contributed by atoms with van der Waals surface area (Å²) in [4.78, 5) is 2.67. The first-order valence-electron chi connectivity index (χ1n) is 9.59. The highest BCUT2D eigenvalue weighted by atomic mass is 32.2. The Morgan fingerprint density at radius 2 is 1.70 bits per heavy atom. The molecule has 1 aliphatic heterocycles. The number of nitrogens with zero attached hydrogens (tertiary/aromatic N) is 1. The molecule has 2 aromatic rings. The van der Waals surface area contributed by atoms with Crippen molar-refractivity contribution in [1.29, 1.82) is 0 Å². The molecule has 2 aromatic carbocycles. The molecule has 0 radical (unpaired) electrons. The van der Waals surface area contributed by atoms with E-state index in [1.807, 2.05) is 25.1 Å². The third kappa shape index (κ3) is 5.54. The molecule has 1 fully saturated rings. The van der Waals surface area contributed by atoms with Gasteiger partial charge in [-0.25, -0.2) is 13.1 Å². The van der Waals surface area contributed by atoms with Crippen molar-refractivity contribution < 1.29 is 13.2 Å². The maximum absolute atomic E-state index is 12.7. The van der Waals surface area contributed by atoms with Gasteiger partial charge < -0.3 is 4.74 Å². The smallest absolute Gasteiger partial charge is 0.240 e. The summed E-state index contributed by atoms with van der Waals surface area (Å²) in [7, 11) is -3.54. The summed E-state index contributed by atoms with van der Waals surface area (Å²) < 4.78 is 33.6. The Kier molecular flexibility index (Phi) is 6.88. The van der Waals surface area contributed by atoms with E-state index in [-0.39, 0.29) is 10.9 Å². The SMILES string of the molecule is CCOc1ccc(S(=O)(=O)NCC(Cc2ccccc2)N2CCCC2)cc1. The molecule has 3 rings (SSSR count). The zero-order valence-corrected chi connectivity index (χ0v) is 16.6. The van der Waals surface area contributed by atoms with Gasteiger partial charge in [-0.05, 0) is 69.1 Å². The van der Waals surface area contributed by atoms with Crippen LogP contribution in [0.1, 0.15) is 25.3 Å². The van der Waals surface area contributed by atoms with Gasteiger partial charge in [-0.2, -0.15) is 0 Å². The molecule has 0 amide bonds. The molecule has 0 spiro atoms. The number of likely N-dealkylation sites (tertiary alicyclic amines) is 1. The first-order chi connectivity index (χ1) is 13.1. The molecule has 5 nitrogen and oxygen atoms in total. The van der Waals surface area contributed by atoms with Crippen LogP contribution in [0, 0.1) is 0 Å². The lowest BCUT2D eigenvalue weighted by atomic mass is 10.1. The van der Waals surface area contributed by atoms with E-state index in [2.05, 4.69) is 21.8 Å². The monoisotopic (exact) mass is 388 g/mol. The topological polar surface area (TPSA) is 58.6 Å². The lowest BCUT2D eigenvalue weighted by Gasteiger charge is -2.28. The maximum atomic E-state index is 12.7. The van der Waals surface area contributed by atoms with E-state index in [1.165, 1.54) is 18.4 Å². The zero-order valence-electron chi connectivity index (χ0n) is 15.8. The molecule has 0 aromatic heterocycles. The Bertz CT molecular complexity index is 801. The second kappa shape index (κ2) is 9.35. The highest BCUT2D eigenvalue weighted by molar-refractivity contribution is 7.89. The maximum Gasteiger partial charge on any atom is 0.240 e. The van der Waals surface area contributed by atoms with Gasteiger partial charge in [0.05, 0.1) is 11.5 Å². The summed E-state index contributed by atoms with van der Waals surface area (Å²) in [5.74, 6) is 0.676. The molecule has 6 heteroatoms. The number of sulfonamides is 1. The summed E-state index contributed by atoms with van der Waals surface area (Å²) in [5.41, 5.74) is 1.23. The van der Waals surface area contributed by atoms with Crippen molar-refractivity contribution >= 4 is 10.0 Å². The normalized spacial score (nSPS) is 16.3. The number of benzene rings is 2. The first kappa shape index (κ1) is 19.9. The van der Waals surface area contributed by atoms with Crippen LogP contribution in [0.25, 0.3) is 0 Å². The van der Waals surface area contributed by atoms with E-state index >= 15 is 0 Å². The molecule has 1 unspecified atom stereocenters. The van der Waals surface area contributed by atoms with Crippen molar-refractivity contribution in [2.45, 2.75) is 37.1 Å². The van der Waals surface area contributed by atoms with Gasteiger partial charge in [0.2, 0.25) is 10.0 Å². The van der Waals surface area contributed by atoms with Crippen LogP contribution in [0.3, 0.4) is 0 Å². The van der Waals surface area contributed by atoms with Gasteiger partial charge in [0.25, 0.3) is 0 Å². The van der Waals surface area contributed by atoms with Gasteiger partial charge in [-0.1, -0.05) is 30.3 Å². The van der Waals surface area contributed by atoms with Crippen LogP contribution < -0.4 is 9.46 Å². The number of ether oxygens (including phenoxy) is 1. The molecule has 0 aliphatic carbocycles. The second-order valence-corrected chi connectivity index (χ2v) is 8.61. The molecular weight excluding hydrogens is 360 g/mol. The van der Waals surface area contributed by atoms with Gasteiger partial charge >= 0.3 is 0 Å². The Balaban J connectivity index is 1.67. The van der Waals surface area contributed by atoms with Crippen molar-refractivity contribution in [2.75, 3.05) is 26.2 Å². The van der Waals surface area contributed by atoms with Gasteiger partial charge in [0, 0.05) is 12.6 Å². The van der Waals surface area contributed by atoms with Gasteiger partial charge in [-0.3, -0.25) is 4.90 Å². The van der Waals surface area contributed by atoms with E-state index in [0.717, 1.165) is 19.5 Å². The van der Waals surface area contributed by atoms with Crippen molar-refractivity contribution in [3.05, 3.63) is 60.2 Å². The summed E-state index contributed by atoms with van der Waals surface area (Å²) >= 11 is 0. The van der Waals surface area contributed by atoms with Gasteiger partial charge in [0.1, 0.15) is 5.75 Å². The predicted molar refractivity (Wildman–Crippen MR) is 108 cm³/mol. The van der Waals surface area contributed by atoms with Crippen LogP contribution in [0.4, 0.5) is 0 Å². The van der Waals surface area contributed by atoms with Crippen LogP contribution in [-0.4, -0.2) is 45.6 Å². The van der Waals surface area contributed by atoms with E-state index in [0.29, 0.717) is 18.9 Å². The van der Waals surface area contributed by atoms with E-state index in [4.69, 9.17) is 4.74 Å². The Labute approximate surface area is 162 Å². The molecule has 1 aliphatic rings. The summed E-state index contributed by atoms with van der Waals surface area (Å²) in [6.07, 6.45) is 3.19. The number of hydrogen-bond acceptors (Lipinski definition) is 4. The summed E-state index contributed by atoms with van der Waals surface area (Å²) in [6, 6.07) is 17.0. The lowest BCUT2D eigenvalue weighted by Crippen LogP contribution is -2.43. The zero-order chi connectivity index (χ0) is 19.1. The highest BCUT2D eigenvalue weighted by Crippen LogP contribution is 2.18. The van der Waals surface area contributed by atoms with Crippen molar-refractivity contribution in [1.82, 2.24) is 9.62 Å². The summed E-state index contributed by atoms with van der Waals surface area (Å²) in [6.45, 7) is 4.92. The van der Waals surface area contributed by atoms with Crippen molar-refractivity contribution in [3.63, 3.8) is 0 Å². The Hall–Kier alpha value is -1.89. The van der Waals surface area contributed by atoms with Crippen LogP contribution in [0.5, 0.6) is 5.75 Å². The van der Waals surface area contributed by atoms with Crippen LogP contribution in [0.15, 0.2) is 59.5 Å². The second-order valence-electron chi connectivity index (χ2n) is 6.84. The molecule has 1 N–H and O–H groups in total. The molecule has 146 valence electrons. The minimum Gasteiger partial charge on any atom is -0.494 e. The van der Waals surface area contributed by atoms with Crippen LogP contribution in [-0.2, 0) is 16.4 Å². The average molecular weight is 389 g/mol. The van der Waals surface area contributed by atoms with Crippen LogP contribution in [0.2, 0.25) is 0 Å². The third-order valence-corrected chi connectivity index (χ3v) is 6.36.